The van der Waals surface area contributed by atoms with Crippen LogP contribution in [0, 0.1) is 0 Å². The molecule has 8 nitrogen and oxygen atoms in total. The van der Waals surface area contributed by atoms with Crippen molar-refractivity contribution in [3.63, 3.8) is 0 Å². The Labute approximate surface area is 132 Å². The van der Waals surface area contributed by atoms with Crippen molar-refractivity contribution >= 4 is 28.8 Å². The van der Waals surface area contributed by atoms with Crippen LogP contribution in [0.4, 0.5) is 13.2 Å². The van der Waals surface area contributed by atoms with E-state index >= 15 is 0 Å². The maximum atomic E-state index is 12.4. The molecule has 11 heteroatoms. The van der Waals surface area contributed by atoms with E-state index in [-0.39, 0.29) is 5.52 Å². The van der Waals surface area contributed by atoms with Gasteiger partial charge in [-0.05, 0) is 12.1 Å². The highest BCUT2D eigenvalue weighted by molar-refractivity contribution is 5.97. The highest BCUT2D eigenvalue weighted by Crippen LogP contribution is 2.16. The predicted molar refractivity (Wildman–Crippen MR) is 72.8 cm³/mol. The first kappa shape index (κ1) is 17.4. The quantitative estimate of drug-likeness (QED) is 0.818. The smallest absolute Gasteiger partial charge is 0.469 e. The lowest BCUT2D eigenvalue weighted by Gasteiger charge is -2.17. The Morgan fingerprint density at radius 1 is 1.29 bits per heavy atom. The molecule has 0 bridgehead atoms. The minimum atomic E-state index is -5.21. The minimum Gasteiger partial charge on any atom is -0.469 e. The summed E-state index contributed by atoms with van der Waals surface area (Å²) in [7, 11) is 1.00. The SMILES string of the molecule is COC(=O)C[C@H](NC(=O)C(F)(F)F)C(=O)n1nnc2ccccc21. The van der Waals surface area contributed by atoms with Crippen LogP contribution in [0.25, 0.3) is 11.0 Å². The zero-order valence-corrected chi connectivity index (χ0v) is 12.2. The molecule has 0 spiro atoms. The summed E-state index contributed by atoms with van der Waals surface area (Å²) in [4.78, 5) is 34.8. The number of nitrogens with zero attached hydrogens (tertiary/aromatic N) is 3. The Kier molecular flexibility index (Phi) is 4.81. The molecule has 0 saturated heterocycles. The monoisotopic (exact) mass is 344 g/mol. The molecule has 1 amide bonds. The van der Waals surface area contributed by atoms with Gasteiger partial charge in [0.25, 0.3) is 5.91 Å². The number of alkyl halides is 3. The van der Waals surface area contributed by atoms with Gasteiger partial charge in [-0.3, -0.25) is 14.4 Å². The first-order valence-electron chi connectivity index (χ1n) is 6.53. The number of halogens is 3. The van der Waals surface area contributed by atoms with Crippen LogP contribution >= 0.6 is 0 Å². The average Bonchev–Trinajstić information content (AvgIpc) is 2.96. The molecule has 128 valence electrons. The molecule has 2 aromatic rings. The van der Waals surface area contributed by atoms with Crippen molar-refractivity contribution in [2.24, 2.45) is 0 Å². The first-order valence-corrected chi connectivity index (χ1v) is 6.53. The Morgan fingerprint density at radius 3 is 2.58 bits per heavy atom. The van der Waals surface area contributed by atoms with Gasteiger partial charge < -0.3 is 10.1 Å². The molecule has 0 aliphatic carbocycles. The molecule has 1 aromatic heterocycles. The number of nitrogens with one attached hydrogen (secondary N) is 1. The lowest BCUT2D eigenvalue weighted by Crippen LogP contribution is -2.49. The maximum absolute atomic E-state index is 12.4. The van der Waals surface area contributed by atoms with Gasteiger partial charge >= 0.3 is 18.1 Å². The van der Waals surface area contributed by atoms with E-state index in [2.05, 4.69) is 15.0 Å². The summed E-state index contributed by atoms with van der Waals surface area (Å²) in [6, 6.07) is 4.39. The second kappa shape index (κ2) is 6.64. The molecular weight excluding hydrogens is 333 g/mol. The second-order valence-electron chi connectivity index (χ2n) is 4.63. The summed E-state index contributed by atoms with van der Waals surface area (Å²) in [6.45, 7) is 0. The summed E-state index contributed by atoms with van der Waals surface area (Å²) in [6.07, 6.45) is -6.00. The van der Waals surface area contributed by atoms with E-state index in [0.29, 0.717) is 5.52 Å². The molecule has 1 heterocycles. The summed E-state index contributed by atoms with van der Waals surface area (Å²) in [5.41, 5.74) is 0.545. The molecular formula is C13H11F3N4O4. The number of rotatable bonds is 4. The van der Waals surface area contributed by atoms with Gasteiger partial charge in [0.15, 0.2) is 0 Å². The number of ether oxygens (including phenoxy) is 1. The van der Waals surface area contributed by atoms with Crippen LogP contribution in [0.1, 0.15) is 11.2 Å². The molecule has 0 aliphatic heterocycles. The molecule has 0 unspecified atom stereocenters. The van der Waals surface area contributed by atoms with Gasteiger partial charge in [-0.1, -0.05) is 17.3 Å². The summed E-state index contributed by atoms with van der Waals surface area (Å²) in [5, 5.41) is 8.71. The van der Waals surface area contributed by atoms with Crippen molar-refractivity contribution in [2.75, 3.05) is 7.11 Å². The van der Waals surface area contributed by atoms with Gasteiger partial charge in [0.1, 0.15) is 11.6 Å². The summed E-state index contributed by atoms with van der Waals surface area (Å²) >= 11 is 0. The van der Waals surface area contributed by atoms with E-state index < -0.39 is 36.4 Å². The van der Waals surface area contributed by atoms with Crippen LogP contribution in [-0.4, -0.2) is 52.1 Å². The molecule has 24 heavy (non-hydrogen) atoms. The number of carbonyl (C=O) groups excluding carboxylic acids is 3. The van der Waals surface area contributed by atoms with E-state index in [0.717, 1.165) is 11.8 Å². The Morgan fingerprint density at radius 2 is 1.96 bits per heavy atom. The lowest BCUT2D eigenvalue weighted by molar-refractivity contribution is -0.174. The number of methoxy groups -OCH3 is 1. The van der Waals surface area contributed by atoms with Crippen LogP contribution in [0.3, 0.4) is 0 Å². The molecule has 1 N–H and O–H groups in total. The van der Waals surface area contributed by atoms with Crippen molar-refractivity contribution in [3.05, 3.63) is 24.3 Å². The maximum Gasteiger partial charge on any atom is 0.471 e. The number of fused-ring (bicyclic) bond motifs is 1. The van der Waals surface area contributed by atoms with E-state index in [1.807, 2.05) is 0 Å². The fraction of sp³-hybridized carbons (Fsp3) is 0.308. The van der Waals surface area contributed by atoms with Crippen LogP contribution in [0.2, 0.25) is 0 Å². The summed E-state index contributed by atoms with van der Waals surface area (Å²) in [5.74, 6) is -4.37. The van der Waals surface area contributed by atoms with Gasteiger partial charge in [-0.15, -0.1) is 5.10 Å². The molecule has 0 fully saturated rings. The largest absolute Gasteiger partial charge is 0.471 e. The van der Waals surface area contributed by atoms with Gasteiger partial charge in [0, 0.05) is 0 Å². The van der Waals surface area contributed by atoms with Crippen molar-refractivity contribution in [2.45, 2.75) is 18.6 Å². The number of benzene rings is 1. The number of carbonyl (C=O) groups is 3. The van der Waals surface area contributed by atoms with Crippen molar-refractivity contribution in [1.29, 1.82) is 0 Å². The standard InChI is InChI=1S/C13H11F3N4O4/c1-24-10(21)6-8(17-12(23)13(14,15)16)11(22)20-9-5-3-2-4-7(9)18-19-20/h2-5,8H,6H2,1H3,(H,17,23)/t8-/m0/s1. The third kappa shape index (κ3) is 3.67. The molecule has 2 rings (SSSR count). The fourth-order valence-electron chi connectivity index (χ4n) is 1.87. The topological polar surface area (TPSA) is 103 Å². The van der Waals surface area contributed by atoms with Crippen LogP contribution in [-0.2, 0) is 14.3 Å². The second-order valence-corrected chi connectivity index (χ2v) is 4.63. The van der Waals surface area contributed by atoms with E-state index in [1.165, 1.54) is 17.4 Å². The molecule has 0 aliphatic rings. The number of hydrogen-bond donors (Lipinski definition) is 1. The van der Waals surface area contributed by atoms with Crippen molar-refractivity contribution < 1.29 is 32.3 Å². The zero-order valence-electron chi connectivity index (χ0n) is 12.2. The van der Waals surface area contributed by atoms with E-state index in [4.69, 9.17) is 0 Å². The van der Waals surface area contributed by atoms with Gasteiger partial charge in [-0.25, -0.2) is 0 Å². The van der Waals surface area contributed by atoms with Gasteiger partial charge in [0.2, 0.25) is 0 Å². The number of amides is 1. The number of para-hydroxylation sites is 1. The minimum absolute atomic E-state index is 0.221. The van der Waals surface area contributed by atoms with E-state index in [9.17, 15) is 27.6 Å². The molecule has 0 saturated carbocycles. The third-order valence-electron chi connectivity index (χ3n) is 3.02. The Bertz CT molecular complexity index is 787. The Balaban J connectivity index is 2.33. The van der Waals surface area contributed by atoms with Crippen LogP contribution < -0.4 is 5.32 Å². The third-order valence-corrected chi connectivity index (χ3v) is 3.02. The first-order chi connectivity index (χ1) is 11.2. The molecule has 0 radical (unpaired) electrons. The zero-order chi connectivity index (χ0) is 17.9. The number of aromatic nitrogens is 3. The molecule has 1 aromatic carbocycles. The van der Waals surface area contributed by atoms with E-state index in [1.54, 1.807) is 12.1 Å². The number of hydrogen-bond acceptors (Lipinski definition) is 6. The van der Waals surface area contributed by atoms with Crippen LogP contribution in [0.5, 0.6) is 0 Å². The van der Waals surface area contributed by atoms with Crippen LogP contribution in [0.15, 0.2) is 24.3 Å². The number of esters is 1. The Hall–Kier alpha value is -2.98. The van der Waals surface area contributed by atoms with Gasteiger partial charge in [0.05, 0.1) is 19.0 Å². The van der Waals surface area contributed by atoms with Crippen molar-refractivity contribution in [3.8, 4) is 0 Å². The van der Waals surface area contributed by atoms with Gasteiger partial charge in [-0.2, -0.15) is 17.9 Å². The lowest BCUT2D eigenvalue weighted by atomic mass is 10.2. The van der Waals surface area contributed by atoms with Crippen molar-refractivity contribution in [1.82, 2.24) is 20.3 Å². The predicted octanol–water partition coefficient (Wildman–Crippen LogP) is 0.682. The highest BCUT2D eigenvalue weighted by atomic mass is 19.4. The highest BCUT2D eigenvalue weighted by Gasteiger charge is 2.41. The average molecular weight is 344 g/mol. The fourth-order valence-corrected chi connectivity index (χ4v) is 1.87. The summed E-state index contributed by atoms with van der Waals surface area (Å²) < 4.78 is 42.3. The molecule has 1 atom stereocenters. The normalized spacial score (nSPS) is 12.7.